The number of halogens is 2. The first-order valence-electron chi connectivity index (χ1n) is 9.14. The molecule has 0 saturated carbocycles. The number of rotatable bonds is 6. The van der Waals surface area contributed by atoms with Crippen LogP contribution in [0.1, 0.15) is 0 Å². The van der Waals surface area contributed by atoms with Crippen LogP contribution in [0.5, 0.6) is 11.5 Å². The molecule has 0 spiro atoms. The van der Waals surface area contributed by atoms with Crippen molar-refractivity contribution in [1.82, 2.24) is 30.3 Å². The SMILES string of the molecule is CNC(=O)Cn1cc(-c2n[nH]c3cc(-c4c(Cl)c(OC)cc(OC)c4Cl)ncc23)cn1. The van der Waals surface area contributed by atoms with Gasteiger partial charge in [-0.2, -0.15) is 10.2 Å². The molecule has 9 nitrogen and oxygen atoms in total. The van der Waals surface area contributed by atoms with Crippen molar-refractivity contribution in [3.05, 3.63) is 40.8 Å². The van der Waals surface area contributed by atoms with Gasteiger partial charge in [-0.1, -0.05) is 23.2 Å². The summed E-state index contributed by atoms with van der Waals surface area (Å²) in [4.78, 5) is 16.1. The number of fused-ring (bicyclic) bond motifs is 1. The Kier molecular flexibility index (Phi) is 5.71. The lowest BCUT2D eigenvalue weighted by Gasteiger charge is -2.14. The number of carbonyl (C=O) groups is 1. The number of likely N-dealkylation sites (N-methyl/N-ethyl adjacent to an activating group) is 1. The molecule has 0 aliphatic rings. The summed E-state index contributed by atoms with van der Waals surface area (Å²) in [5, 5.41) is 15.6. The van der Waals surface area contributed by atoms with Crippen LogP contribution in [-0.4, -0.2) is 52.1 Å². The van der Waals surface area contributed by atoms with Gasteiger partial charge in [0.15, 0.2) is 0 Å². The summed E-state index contributed by atoms with van der Waals surface area (Å²) in [5.74, 6) is 0.706. The predicted octanol–water partition coefficient (Wildman–Crippen LogP) is 3.56. The fourth-order valence-electron chi connectivity index (χ4n) is 3.18. The molecule has 0 aliphatic heterocycles. The van der Waals surface area contributed by atoms with E-state index < -0.39 is 0 Å². The van der Waals surface area contributed by atoms with Crippen LogP contribution in [0.4, 0.5) is 0 Å². The van der Waals surface area contributed by atoms with E-state index in [1.165, 1.54) is 14.2 Å². The molecule has 0 bridgehead atoms. The zero-order valence-electron chi connectivity index (χ0n) is 16.9. The molecule has 0 fully saturated rings. The Morgan fingerprint density at radius 3 is 2.52 bits per heavy atom. The largest absolute Gasteiger partial charge is 0.495 e. The molecule has 0 radical (unpaired) electrons. The van der Waals surface area contributed by atoms with Crippen LogP contribution in [0.2, 0.25) is 10.0 Å². The van der Waals surface area contributed by atoms with Gasteiger partial charge in [-0.15, -0.1) is 0 Å². The number of nitrogens with one attached hydrogen (secondary N) is 2. The molecular weight excluding hydrogens is 443 g/mol. The fraction of sp³-hybridized carbons (Fsp3) is 0.200. The number of methoxy groups -OCH3 is 2. The van der Waals surface area contributed by atoms with Gasteiger partial charge in [0.1, 0.15) is 23.7 Å². The number of pyridine rings is 1. The summed E-state index contributed by atoms with van der Waals surface area (Å²) in [7, 11) is 4.61. The number of H-pyrrole nitrogens is 1. The molecule has 1 aromatic carbocycles. The molecule has 2 N–H and O–H groups in total. The van der Waals surface area contributed by atoms with E-state index in [4.69, 9.17) is 32.7 Å². The highest BCUT2D eigenvalue weighted by molar-refractivity contribution is 6.41. The lowest BCUT2D eigenvalue weighted by molar-refractivity contribution is -0.121. The number of nitrogens with zero attached hydrogens (tertiary/aromatic N) is 4. The van der Waals surface area contributed by atoms with Crippen molar-refractivity contribution in [3.63, 3.8) is 0 Å². The van der Waals surface area contributed by atoms with Crippen LogP contribution >= 0.6 is 23.2 Å². The second kappa shape index (κ2) is 8.44. The predicted molar refractivity (Wildman–Crippen MR) is 118 cm³/mol. The second-order valence-corrected chi connectivity index (χ2v) is 7.33. The Morgan fingerprint density at radius 1 is 1.16 bits per heavy atom. The number of aromatic nitrogens is 5. The van der Waals surface area contributed by atoms with Gasteiger partial charge in [0.2, 0.25) is 5.91 Å². The molecule has 160 valence electrons. The summed E-state index contributed by atoms with van der Waals surface area (Å²) < 4.78 is 12.2. The third-order valence-electron chi connectivity index (χ3n) is 4.77. The zero-order valence-corrected chi connectivity index (χ0v) is 18.4. The summed E-state index contributed by atoms with van der Waals surface area (Å²) >= 11 is 13.0. The Bertz CT molecular complexity index is 1260. The molecule has 0 aliphatic carbocycles. The van der Waals surface area contributed by atoms with E-state index in [-0.39, 0.29) is 12.5 Å². The second-order valence-electron chi connectivity index (χ2n) is 6.57. The summed E-state index contributed by atoms with van der Waals surface area (Å²) in [6, 6.07) is 3.42. The lowest BCUT2D eigenvalue weighted by atomic mass is 10.1. The molecule has 0 unspecified atom stereocenters. The molecule has 31 heavy (non-hydrogen) atoms. The first-order chi connectivity index (χ1) is 15.0. The number of amides is 1. The van der Waals surface area contributed by atoms with Crippen molar-refractivity contribution < 1.29 is 14.3 Å². The minimum atomic E-state index is -0.143. The standard InChI is InChI=1S/C20H18Cl2N6O3/c1-23-16(29)9-28-8-10(6-25-28)20-11-7-24-13(4-12(11)26-27-20)17-18(21)14(30-2)5-15(31-3)19(17)22/h4-8H,9H2,1-3H3,(H,23,29)(H,26,27). The van der Waals surface area contributed by atoms with E-state index in [1.54, 1.807) is 42.5 Å². The Labute approximate surface area is 187 Å². The first-order valence-corrected chi connectivity index (χ1v) is 9.90. The van der Waals surface area contributed by atoms with E-state index in [0.29, 0.717) is 38.5 Å². The third kappa shape index (κ3) is 3.77. The average Bonchev–Trinajstić information content (AvgIpc) is 3.40. The van der Waals surface area contributed by atoms with Crippen LogP contribution < -0.4 is 14.8 Å². The number of carbonyl (C=O) groups excluding carboxylic acids is 1. The van der Waals surface area contributed by atoms with Crippen molar-refractivity contribution in [2.24, 2.45) is 0 Å². The molecule has 4 aromatic rings. The van der Waals surface area contributed by atoms with Crippen LogP contribution in [0.15, 0.2) is 30.7 Å². The van der Waals surface area contributed by atoms with Crippen LogP contribution in [0, 0.1) is 0 Å². The number of aromatic amines is 1. The van der Waals surface area contributed by atoms with Gasteiger partial charge < -0.3 is 14.8 Å². The molecule has 1 amide bonds. The number of hydrogen-bond donors (Lipinski definition) is 2. The topological polar surface area (TPSA) is 107 Å². The molecule has 0 atom stereocenters. The first kappa shape index (κ1) is 21.0. The Morgan fingerprint density at radius 2 is 1.87 bits per heavy atom. The van der Waals surface area contributed by atoms with Crippen LogP contribution in [-0.2, 0) is 11.3 Å². The highest BCUT2D eigenvalue weighted by Gasteiger charge is 2.21. The van der Waals surface area contributed by atoms with Gasteiger partial charge in [0, 0.05) is 42.0 Å². The Hall–Kier alpha value is -3.30. The lowest BCUT2D eigenvalue weighted by Crippen LogP contribution is -2.23. The van der Waals surface area contributed by atoms with E-state index in [2.05, 4.69) is 25.6 Å². The minimum absolute atomic E-state index is 0.121. The fourth-order valence-corrected chi connectivity index (χ4v) is 3.87. The quantitative estimate of drug-likeness (QED) is 0.455. The molecule has 3 heterocycles. The molecule has 3 aromatic heterocycles. The van der Waals surface area contributed by atoms with Gasteiger partial charge in [-0.25, -0.2) is 0 Å². The maximum atomic E-state index is 11.6. The smallest absolute Gasteiger partial charge is 0.241 e. The molecule has 0 saturated heterocycles. The summed E-state index contributed by atoms with van der Waals surface area (Å²) in [5.41, 5.74) is 3.18. The molecule has 11 heteroatoms. The monoisotopic (exact) mass is 460 g/mol. The van der Waals surface area contributed by atoms with E-state index in [1.807, 2.05) is 0 Å². The van der Waals surface area contributed by atoms with Crippen LogP contribution in [0.3, 0.4) is 0 Å². The normalized spacial score (nSPS) is 11.0. The minimum Gasteiger partial charge on any atom is -0.495 e. The van der Waals surface area contributed by atoms with Gasteiger partial charge in [0.05, 0.1) is 41.7 Å². The maximum absolute atomic E-state index is 11.6. The van der Waals surface area contributed by atoms with E-state index >= 15 is 0 Å². The third-order valence-corrected chi connectivity index (χ3v) is 5.52. The van der Waals surface area contributed by atoms with Crippen molar-refractivity contribution in [3.8, 4) is 34.0 Å². The number of ether oxygens (including phenoxy) is 2. The summed E-state index contributed by atoms with van der Waals surface area (Å²) in [6.45, 7) is 0.121. The zero-order chi connectivity index (χ0) is 22.1. The van der Waals surface area contributed by atoms with Gasteiger partial charge in [-0.05, 0) is 6.07 Å². The van der Waals surface area contributed by atoms with Crippen molar-refractivity contribution in [2.45, 2.75) is 6.54 Å². The maximum Gasteiger partial charge on any atom is 0.241 e. The Balaban J connectivity index is 1.76. The number of hydrogen-bond acceptors (Lipinski definition) is 6. The highest BCUT2D eigenvalue weighted by Crippen LogP contribution is 2.45. The van der Waals surface area contributed by atoms with Gasteiger partial charge >= 0.3 is 0 Å². The average molecular weight is 461 g/mol. The van der Waals surface area contributed by atoms with Crippen LogP contribution in [0.25, 0.3) is 33.4 Å². The summed E-state index contributed by atoms with van der Waals surface area (Å²) in [6.07, 6.45) is 5.07. The molecule has 4 rings (SSSR count). The van der Waals surface area contributed by atoms with Gasteiger partial charge in [-0.3, -0.25) is 19.6 Å². The van der Waals surface area contributed by atoms with Crippen molar-refractivity contribution in [1.29, 1.82) is 0 Å². The van der Waals surface area contributed by atoms with E-state index in [0.717, 1.165) is 16.5 Å². The van der Waals surface area contributed by atoms with E-state index in [9.17, 15) is 4.79 Å². The highest BCUT2D eigenvalue weighted by atomic mass is 35.5. The molecular formula is C20H18Cl2N6O3. The van der Waals surface area contributed by atoms with Crippen molar-refractivity contribution >= 4 is 40.0 Å². The number of benzene rings is 1. The van der Waals surface area contributed by atoms with Crippen molar-refractivity contribution in [2.75, 3.05) is 21.3 Å². The van der Waals surface area contributed by atoms with Gasteiger partial charge in [0.25, 0.3) is 0 Å².